The molecule has 4 rings (SSSR count). The minimum Gasteiger partial charge on any atom is -0.442 e. The topological polar surface area (TPSA) is 101 Å². The van der Waals surface area contributed by atoms with E-state index in [-0.39, 0.29) is 22.6 Å². The standard InChI is InChI=1S/C18H14N4O3/c1-10-14(15-17(24)21-9-22-18(15)25-10)16(23)20-7-12-4-2-3-11-5-6-19-8-13(11)12/h2-6,8-9H,7H2,1H3,(H,20,23)(H,21,22,24). The first-order chi connectivity index (χ1) is 12.1. The number of H-pyrrole nitrogens is 1. The van der Waals surface area contributed by atoms with Crippen molar-refractivity contribution in [1.29, 1.82) is 0 Å². The summed E-state index contributed by atoms with van der Waals surface area (Å²) < 4.78 is 5.42. The summed E-state index contributed by atoms with van der Waals surface area (Å²) in [4.78, 5) is 35.2. The number of carbonyl (C=O) groups is 1. The van der Waals surface area contributed by atoms with Gasteiger partial charge in [0.15, 0.2) is 0 Å². The van der Waals surface area contributed by atoms with E-state index in [0.717, 1.165) is 16.3 Å². The number of carbonyl (C=O) groups excluding carboxylic acids is 1. The highest BCUT2D eigenvalue weighted by molar-refractivity contribution is 6.06. The van der Waals surface area contributed by atoms with E-state index in [9.17, 15) is 9.59 Å². The van der Waals surface area contributed by atoms with Crippen LogP contribution in [0.25, 0.3) is 21.9 Å². The van der Waals surface area contributed by atoms with E-state index in [1.807, 2.05) is 24.3 Å². The molecule has 7 heteroatoms. The molecule has 0 aliphatic rings. The number of nitrogens with zero attached hydrogens (tertiary/aromatic N) is 2. The van der Waals surface area contributed by atoms with E-state index in [1.54, 1.807) is 19.3 Å². The number of hydrogen-bond acceptors (Lipinski definition) is 5. The number of aromatic nitrogens is 3. The number of benzene rings is 1. The van der Waals surface area contributed by atoms with Crippen LogP contribution in [0, 0.1) is 6.92 Å². The second kappa shape index (κ2) is 5.86. The van der Waals surface area contributed by atoms with Gasteiger partial charge in [-0.25, -0.2) is 4.98 Å². The summed E-state index contributed by atoms with van der Waals surface area (Å²) in [5.41, 5.74) is 0.904. The molecule has 0 bridgehead atoms. The Morgan fingerprint density at radius 1 is 1.32 bits per heavy atom. The van der Waals surface area contributed by atoms with Gasteiger partial charge in [-0.3, -0.25) is 14.6 Å². The predicted molar refractivity (Wildman–Crippen MR) is 92.3 cm³/mol. The van der Waals surface area contributed by atoms with Crippen molar-refractivity contribution >= 4 is 27.8 Å². The molecule has 1 amide bonds. The van der Waals surface area contributed by atoms with Crippen LogP contribution in [0.4, 0.5) is 0 Å². The summed E-state index contributed by atoms with van der Waals surface area (Å²) in [7, 11) is 0. The van der Waals surface area contributed by atoms with Gasteiger partial charge in [0, 0.05) is 24.3 Å². The van der Waals surface area contributed by atoms with E-state index in [4.69, 9.17) is 4.42 Å². The number of rotatable bonds is 3. The lowest BCUT2D eigenvalue weighted by molar-refractivity contribution is 0.0951. The lowest BCUT2D eigenvalue weighted by Gasteiger charge is -2.08. The van der Waals surface area contributed by atoms with Crippen LogP contribution in [0.1, 0.15) is 21.7 Å². The molecule has 0 fully saturated rings. The second-order valence-electron chi connectivity index (χ2n) is 5.64. The fourth-order valence-electron chi connectivity index (χ4n) is 2.92. The Labute approximate surface area is 141 Å². The summed E-state index contributed by atoms with van der Waals surface area (Å²) in [5, 5.41) is 5.03. The molecule has 3 heterocycles. The average Bonchev–Trinajstić information content (AvgIpc) is 2.97. The van der Waals surface area contributed by atoms with Crippen LogP contribution in [0.5, 0.6) is 0 Å². The molecule has 0 aliphatic heterocycles. The van der Waals surface area contributed by atoms with Crippen LogP contribution >= 0.6 is 0 Å². The van der Waals surface area contributed by atoms with Gasteiger partial charge in [-0.15, -0.1) is 0 Å². The first kappa shape index (κ1) is 15.1. The van der Waals surface area contributed by atoms with E-state index in [2.05, 4.69) is 20.3 Å². The van der Waals surface area contributed by atoms with Crippen LogP contribution in [-0.2, 0) is 6.54 Å². The molecule has 0 spiro atoms. The zero-order chi connectivity index (χ0) is 17.4. The molecule has 0 aliphatic carbocycles. The Morgan fingerprint density at radius 2 is 2.20 bits per heavy atom. The van der Waals surface area contributed by atoms with Crippen molar-refractivity contribution in [3.05, 3.63) is 70.2 Å². The number of furan rings is 1. The van der Waals surface area contributed by atoms with Crippen molar-refractivity contribution in [2.45, 2.75) is 13.5 Å². The summed E-state index contributed by atoms with van der Waals surface area (Å²) in [6, 6.07) is 7.76. The zero-order valence-corrected chi connectivity index (χ0v) is 13.4. The maximum atomic E-state index is 12.6. The Hall–Kier alpha value is -3.48. The number of aryl methyl sites for hydroxylation is 1. The van der Waals surface area contributed by atoms with Crippen molar-refractivity contribution in [2.24, 2.45) is 0 Å². The molecule has 1 aromatic carbocycles. The fourth-order valence-corrected chi connectivity index (χ4v) is 2.92. The molecule has 0 atom stereocenters. The Bertz CT molecular complexity index is 1150. The third-order valence-electron chi connectivity index (χ3n) is 4.11. The minimum atomic E-state index is -0.402. The largest absolute Gasteiger partial charge is 0.442 e. The number of aromatic amines is 1. The van der Waals surface area contributed by atoms with Crippen LogP contribution in [-0.4, -0.2) is 20.9 Å². The average molecular weight is 334 g/mol. The molecule has 3 aromatic heterocycles. The van der Waals surface area contributed by atoms with Gasteiger partial charge < -0.3 is 14.7 Å². The van der Waals surface area contributed by atoms with Gasteiger partial charge in [-0.2, -0.15) is 0 Å². The molecule has 7 nitrogen and oxygen atoms in total. The normalized spacial score (nSPS) is 11.1. The Balaban J connectivity index is 1.67. The first-order valence-corrected chi connectivity index (χ1v) is 7.72. The molecule has 4 aromatic rings. The third-order valence-corrected chi connectivity index (χ3v) is 4.11. The number of nitrogens with one attached hydrogen (secondary N) is 2. The van der Waals surface area contributed by atoms with E-state index in [0.29, 0.717) is 12.3 Å². The molecule has 0 saturated carbocycles. The number of amides is 1. The van der Waals surface area contributed by atoms with Gasteiger partial charge in [0.1, 0.15) is 11.1 Å². The highest BCUT2D eigenvalue weighted by Crippen LogP contribution is 2.21. The summed E-state index contributed by atoms with van der Waals surface area (Å²) in [6.07, 6.45) is 4.74. The number of fused-ring (bicyclic) bond motifs is 2. The lowest BCUT2D eigenvalue weighted by Crippen LogP contribution is -2.24. The van der Waals surface area contributed by atoms with Crippen LogP contribution < -0.4 is 10.9 Å². The smallest absolute Gasteiger partial charge is 0.262 e. The molecule has 0 saturated heterocycles. The number of hydrogen-bond donors (Lipinski definition) is 2. The van der Waals surface area contributed by atoms with Crippen molar-refractivity contribution in [3.63, 3.8) is 0 Å². The van der Waals surface area contributed by atoms with Gasteiger partial charge in [0.2, 0.25) is 5.71 Å². The van der Waals surface area contributed by atoms with Crippen molar-refractivity contribution in [2.75, 3.05) is 0 Å². The summed E-state index contributed by atoms with van der Waals surface area (Å²) in [5.74, 6) is -0.0214. The van der Waals surface area contributed by atoms with Gasteiger partial charge in [0.05, 0.1) is 11.9 Å². The van der Waals surface area contributed by atoms with Gasteiger partial charge in [-0.05, 0) is 23.9 Å². The van der Waals surface area contributed by atoms with Crippen LogP contribution in [0.15, 0.2) is 52.2 Å². The Morgan fingerprint density at radius 3 is 3.08 bits per heavy atom. The maximum absolute atomic E-state index is 12.6. The quantitative estimate of drug-likeness (QED) is 0.599. The van der Waals surface area contributed by atoms with Gasteiger partial charge in [-0.1, -0.05) is 18.2 Å². The molecule has 0 unspecified atom stereocenters. The third kappa shape index (κ3) is 2.55. The summed E-state index contributed by atoms with van der Waals surface area (Å²) in [6.45, 7) is 1.95. The molecule has 25 heavy (non-hydrogen) atoms. The lowest BCUT2D eigenvalue weighted by atomic mass is 10.1. The van der Waals surface area contributed by atoms with Gasteiger partial charge in [0.25, 0.3) is 11.5 Å². The molecular formula is C18H14N4O3. The van der Waals surface area contributed by atoms with Crippen molar-refractivity contribution < 1.29 is 9.21 Å². The molecule has 2 N–H and O–H groups in total. The molecule has 0 radical (unpaired) electrons. The summed E-state index contributed by atoms with van der Waals surface area (Å²) >= 11 is 0. The molecule has 124 valence electrons. The minimum absolute atomic E-state index is 0.153. The fraction of sp³-hybridized carbons (Fsp3) is 0.111. The maximum Gasteiger partial charge on any atom is 0.262 e. The predicted octanol–water partition coefficient (Wildman–Crippen LogP) is 2.30. The van der Waals surface area contributed by atoms with Crippen molar-refractivity contribution in [1.82, 2.24) is 20.3 Å². The van der Waals surface area contributed by atoms with Crippen LogP contribution in [0.3, 0.4) is 0 Å². The van der Waals surface area contributed by atoms with Gasteiger partial charge >= 0.3 is 0 Å². The molecular weight excluding hydrogens is 320 g/mol. The Kier molecular flexibility index (Phi) is 3.53. The SMILES string of the molecule is Cc1oc2nc[nH]c(=O)c2c1C(=O)NCc1cccc2ccncc12. The first-order valence-electron chi connectivity index (χ1n) is 7.72. The monoisotopic (exact) mass is 334 g/mol. The number of pyridine rings is 1. The van der Waals surface area contributed by atoms with Crippen molar-refractivity contribution in [3.8, 4) is 0 Å². The zero-order valence-electron chi connectivity index (χ0n) is 13.4. The van der Waals surface area contributed by atoms with E-state index in [1.165, 1.54) is 6.33 Å². The highest BCUT2D eigenvalue weighted by Gasteiger charge is 2.21. The van der Waals surface area contributed by atoms with E-state index < -0.39 is 5.56 Å². The van der Waals surface area contributed by atoms with E-state index >= 15 is 0 Å². The second-order valence-corrected chi connectivity index (χ2v) is 5.64. The highest BCUT2D eigenvalue weighted by atomic mass is 16.3. The van der Waals surface area contributed by atoms with Crippen LogP contribution in [0.2, 0.25) is 0 Å².